The number of nitrogens with one attached hydrogen (secondary N) is 1. The molecule has 1 aliphatic rings. The van der Waals surface area contributed by atoms with Crippen LogP contribution < -0.4 is 5.32 Å². The van der Waals surface area contributed by atoms with E-state index >= 15 is 0 Å². The number of rotatable bonds is 10. The maximum Gasteiger partial charge on any atom is 0.224 e. The molecule has 4 aromatic rings. The number of nitrogens with zero attached hydrogens (tertiary/aromatic N) is 2. The van der Waals surface area contributed by atoms with Gasteiger partial charge in [-0.2, -0.15) is 0 Å². The van der Waals surface area contributed by atoms with E-state index in [2.05, 4.69) is 40.2 Å². The van der Waals surface area contributed by atoms with Gasteiger partial charge < -0.3 is 20.1 Å². The van der Waals surface area contributed by atoms with Crippen molar-refractivity contribution in [2.24, 2.45) is 5.92 Å². The third-order valence-corrected chi connectivity index (χ3v) is 7.84. The summed E-state index contributed by atoms with van der Waals surface area (Å²) in [4.78, 5) is 18.2. The van der Waals surface area contributed by atoms with Gasteiger partial charge in [0.1, 0.15) is 5.82 Å². The molecule has 6 heteroatoms. The molecular weight excluding hydrogens is 474 g/mol. The number of aliphatic hydroxyl groups is 2. The number of aryl methyl sites for hydroxylation is 1. The smallest absolute Gasteiger partial charge is 0.224 e. The van der Waals surface area contributed by atoms with Gasteiger partial charge in [0.05, 0.1) is 23.7 Å². The second-order valence-corrected chi connectivity index (χ2v) is 10.3. The number of hydrogen-bond acceptors (Lipinski definition) is 4. The molecule has 0 radical (unpaired) electrons. The second-order valence-electron chi connectivity index (χ2n) is 10.3. The normalized spacial score (nSPS) is 18.4. The third-order valence-electron chi connectivity index (χ3n) is 7.84. The Morgan fingerprint density at radius 2 is 1.68 bits per heavy atom. The standard InChI is InChI=1S/C32H37N3O3/c36-20-8-15-31-33-28-13-6-7-14-30(28)35(31)21-23-16-18-24(19-17-23)26-11-4-5-12-27(26)32(38)34-29(22-37)25-9-2-1-3-10-25/h1-3,6-7,9-10,13-14,16-19,26-27,29,36-37H,4-5,8,11-12,15,20-22H2,(H,34,38). The Morgan fingerprint density at radius 3 is 2.45 bits per heavy atom. The van der Waals surface area contributed by atoms with Crippen LogP contribution in [0, 0.1) is 5.92 Å². The second kappa shape index (κ2) is 12.4. The zero-order valence-corrected chi connectivity index (χ0v) is 21.8. The van der Waals surface area contributed by atoms with Gasteiger partial charge >= 0.3 is 0 Å². The van der Waals surface area contributed by atoms with E-state index < -0.39 is 6.04 Å². The Balaban J connectivity index is 1.32. The number of aromatic nitrogens is 2. The van der Waals surface area contributed by atoms with Crippen molar-refractivity contribution >= 4 is 16.9 Å². The van der Waals surface area contributed by atoms with Crippen LogP contribution in [-0.2, 0) is 17.8 Å². The number of fused-ring (bicyclic) bond motifs is 1. The Morgan fingerprint density at radius 1 is 0.947 bits per heavy atom. The maximum absolute atomic E-state index is 13.4. The molecule has 0 saturated heterocycles. The van der Waals surface area contributed by atoms with Gasteiger partial charge in [0.15, 0.2) is 0 Å². The number of hydrogen-bond donors (Lipinski definition) is 3. The van der Waals surface area contributed by atoms with Gasteiger partial charge in [-0.3, -0.25) is 4.79 Å². The van der Waals surface area contributed by atoms with Crippen LogP contribution in [0.4, 0.5) is 0 Å². The van der Waals surface area contributed by atoms with Gasteiger partial charge in [-0.25, -0.2) is 4.98 Å². The summed E-state index contributed by atoms with van der Waals surface area (Å²) in [6.07, 6.45) is 5.44. The van der Waals surface area contributed by atoms with Crippen molar-refractivity contribution in [3.63, 3.8) is 0 Å². The molecule has 198 valence electrons. The van der Waals surface area contributed by atoms with Crippen LogP contribution in [0.2, 0.25) is 0 Å². The topological polar surface area (TPSA) is 87.4 Å². The van der Waals surface area contributed by atoms with Crippen LogP contribution in [0.1, 0.15) is 66.6 Å². The van der Waals surface area contributed by atoms with Gasteiger partial charge in [-0.1, -0.05) is 79.6 Å². The first kappa shape index (κ1) is 26.1. The molecule has 6 nitrogen and oxygen atoms in total. The monoisotopic (exact) mass is 511 g/mol. The summed E-state index contributed by atoms with van der Waals surface area (Å²) in [5, 5.41) is 22.4. The van der Waals surface area contributed by atoms with Crippen molar-refractivity contribution < 1.29 is 15.0 Å². The molecule has 1 aliphatic carbocycles. The van der Waals surface area contributed by atoms with Crippen LogP contribution in [0.3, 0.4) is 0 Å². The quantitative estimate of drug-likeness (QED) is 0.275. The Bertz CT molecular complexity index is 1330. The summed E-state index contributed by atoms with van der Waals surface area (Å²) >= 11 is 0. The lowest BCUT2D eigenvalue weighted by atomic mass is 9.74. The van der Waals surface area contributed by atoms with E-state index in [9.17, 15) is 15.0 Å². The van der Waals surface area contributed by atoms with Crippen LogP contribution >= 0.6 is 0 Å². The average Bonchev–Trinajstić information content (AvgIpc) is 3.32. The highest BCUT2D eigenvalue weighted by Gasteiger charge is 2.33. The van der Waals surface area contributed by atoms with E-state index in [1.807, 2.05) is 48.5 Å². The van der Waals surface area contributed by atoms with E-state index in [1.54, 1.807) is 0 Å². The van der Waals surface area contributed by atoms with E-state index in [-0.39, 0.29) is 31.0 Å². The van der Waals surface area contributed by atoms with Gasteiger partial charge in [-0.05, 0) is 54.0 Å². The molecule has 1 aromatic heterocycles. The lowest BCUT2D eigenvalue weighted by Crippen LogP contribution is -2.39. The van der Waals surface area contributed by atoms with Crippen molar-refractivity contribution in [3.05, 3.63) is 101 Å². The zero-order valence-electron chi connectivity index (χ0n) is 21.8. The summed E-state index contributed by atoms with van der Waals surface area (Å²) in [6.45, 7) is 0.745. The number of aliphatic hydroxyl groups excluding tert-OH is 2. The summed E-state index contributed by atoms with van der Waals surface area (Å²) in [6, 6.07) is 26.2. The molecule has 0 spiro atoms. The van der Waals surface area contributed by atoms with Crippen LogP contribution in [-0.4, -0.2) is 38.9 Å². The molecule has 3 N–H and O–H groups in total. The molecule has 1 fully saturated rings. The summed E-state index contributed by atoms with van der Waals surface area (Å²) in [5.41, 5.74) is 5.38. The van der Waals surface area contributed by atoms with E-state index in [0.29, 0.717) is 13.0 Å². The fourth-order valence-electron chi connectivity index (χ4n) is 5.82. The van der Waals surface area contributed by atoms with E-state index in [1.165, 1.54) is 11.1 Å². The minimum atomic E-state index is -0.390. The third kappa shape index (κ3) is 5.82. The average molecular weight is 512 g/mol. The Labute approximate surface area is 224 Å². The van der Waals surface area contributed by atoms with Gasteiger partial charge in [0, 0.05) is 25.5 Å². The molecule has 3 atom stereocenters. The minimum absolute atomic E-state index is 0.0279. The highest BCUT2D eigenvalue weighted by Crippen LogP contribution is 2.38. The van der Waals surface area contributed by atoms with E-state index in [0.717, 1.165) is 54.5 Å². The SMILES string of the molecule is O=C(NC(CO)c1ccccc1)C1CCCCC1c1ccc(Cn2c(CCCO)nc3ccccc32)cc1. The Hall–Kier alpha value is -3.48. The number of amides is 1. The van der Waals surface area contributed by atoms with Crippen LogP contribution in [0.15, 0.2) is 78.9 Å². The molecule has 1 heterocycles. The molecule has 0 aliphatic heterocycles. The lowest BCUT2D eigenvalue weighted by Gasteiger charge is -2.32. The fraction of sp³-hybridized carbons (Fsp3) is 0.375. The van der Waals surface area contributed by atoms with Gasteiger partial charge in [-0.15, -0.1) is 0 Å². The van der Waals surface area contributed by atoms with Crippen molar-refractivity contribution in [1.29, 1.82) is 0 Å². The highest BCUT2D eigenvalue weighted by atomic mass is 16.3. The first-order valence-electron chi connectivity index (χ1n) is 13.8. The van der Waals surface area contributed by atoms with Crippen molar-refractivity contribution in [1.82, 2.24) is 14.9 Å². The molecule has 3 unspecified atom stereocenters. The van der Waals surface area contributed by atoms with E-state index in [4.69, 9.17) is 4.98 Å². The summed E-state index contributed by atoms with van der Waals surface area (Å²) < 4.78 is 2.25. The zero-order chi connectivity index (χ0) is 26.3. The molecular formula is C32H37N3O3. The van der Waals surface area contributed by atoms with Crippen LogP contribution in [0.25, 0.3) is 11.0 Å². The largest absolute Gasteiger partial charge is 0.396 e. The molecule has 38 heavy (non-hydrogen) atoms. The molecule has 1 amide bonds. The Kier molecular flexibility index (Phi) is 8.51. The number of imidazole rings is 1. The molecule has 0 bridgehead atoms. The highest BCUT2D eigenvalue weighted by molar-refractivity contribution is 5.80. The molecule has 5 rings (SSSR count). The first-order chi connectivity index (χ1) is 18.7. The van der Waals surface area contributed by atoms with Crippen molar-refractivity contribution in [2.75, 3.05) is 13.2 Å². The lowest BCUT2D eigenvalue weighted by molar-refractivity contribution is -0.127. The maximum atomic E-state index is 13.4. The fourth-order valence-corrected chi connectivity index (χ4v) is 5.82. The predicted octanol–water partition coefficient (Wildman–Crippen LogP) is 5.13. The first-order valence-corrected chi connectivity index (χ1v) is 13.8. The summed E-state index contributed by atoms with van der Waals surface area (Å²) in [5.74, 6) is 1.09. The number of carbonyl (C=O) groups is 1. The van der Waals surface area contributed by atoms with Crippen molar-refractivity contribution in [2.45, 2.75) is 57.0 Å². The van der Waals surface area contributed by atoms with Crippen molar-refractivity contribution in [3.8, 4) is 0 Å². The number of benzene rings is 3. The summed E-state index contributed by atoms with van der Waals surface area (Å²) in [7, 11) is 0. The van der Waals surface area contributed by atoms with Crippen LogP contribution in [0.5, 0.6) is 0 Å². The molecule has 1 saturated carbocycles. The predicted molar refractivity (Wildman–Crippen MR) is 150 cm³/mol. The number of para-hydroxylation sites is 2. The number of carbonyl (C=O) groups excluding carboxylic acids is 1. The van der Waals surface area contributed by atoms with Gasteiger partial charge in [0.2, 0.25) is 5.91 Å². The minimum Gasteiger partial charge on any atom is -0.396 e. The van der Waals surface area contributed by atoms with Gasteiger partial charge in [0.25, 0.3) is 0 Å². The molecule has 3 aromatic carbocycles.